The van der Waals surface area contributed by atoms with Crippen molar-refractivity contribution >= 4 is 21.8 Å². The van der Waals surface area contributed by atoms with E-state index >= 15 is 0 Å². The number of amides is 2. The number of carbonyl (C=O) groups excluding carboxylic acids is 2. The van der Waals surface area contributed by atoms with Gasteiger partial charge in [-0.1, -0.05) is 12.1 Å². The number of ether oxygens (including phenoxy) is 1. The van der Waals surface area contributed by atoms with Crippen LogP contribution in [0.4, 0.5) is 4.39 Å². The van der Waals surface area contributed by atoms with Crippen LogP contribution in [0, 0.1) is 11.7 Å². The first-order valence-corrected chi connectivity index (χ1v) is 12.5. The maximum Gasteiger partial charge on any atom is 0.262 e. The fourth-order valence-electron chi connectivity index (χ4n) is 4.32. The fourth-order valence-corrected chi connectivity index (χ4v) is 6.03. The number of hydroxylamine groups is 1. The number of carbonyl (C=O) groups is 2. The molecule has 2 atom stereocenters. The van der Waals surface area contributed by atoms with Crippen LogP contribution in [-0.2, 0) is 31.0 Å². The number of benzene rings is 1. The van der Waals surface area contributed by atoms with Crippen molar-refractivity contribution in [2.24, 2.45) is 5.92 Å². The first kappa shape index (κ1) is 24.6. The number of hydrogen-bond acceptors (Lipinski definition) is 6. The maximum atomic E-state index is 13.0. The second-order valence-corrected chi connectivity index (χ2v) is 10.2. The molecule has 2 amide bonds. The number of rotatable bonds is 9. The van der Waals surface area contributed by atoms with Gasteiger partial charge in [-0.2, -0.15) is 4.31 Å². The highest BCUT2D eigenvalue weighted by atomic mass is 32.2. The van der Waals surface area contributed by atoms with Gasteiger partial charge in [0.05, 0.1) is 18.3 Å². The van der Waals surface area contributed by atoms with E-state index in [1.54, 1.807) is 22.5 Å². The number of likely N-dealkylation sites (tertiary alicyclic amines) is 1. The molecule has 2 unspecified atom stereocenters. The molecule has 0 aliphatic carbocycles. The lowest BCUT2D eigenvalue weighted by Gasteiger charge is -2.39. The van der Waals surface area contributed by atoms with Crippen LogP contribution in [0.25, 0.3) is 0 Å². The van der Waals surface area contributed by atoms with Crippen molar-refractivity contribution in [3.8, 4) is 0 Å². The summed E-state index contributed by atoms with van der Waals surface area (Å²) in [6, 6.07) is 4.56. The van der Waals surface area contributed by atoms with Gasteiger partial charge in [0, 0.05) is 26.2 Å². The predicted molar refractivity (Wildman–Crippen MR) is 113 cm³/mol. The van der Waals surface area contributed by atoms with Crippen molar-refractivity contribution < 1.29 is 32.3 Å². The van der Waals surface area contributed by atoms with Gasteiger partial charge in [0.15, 0.2) is 0 Å². The third kappa shape index (κ3) is 6.03. The Morgan fingerprint density at radius 1 is 1.12 bits per heavy atom. The van der Waals surface area contributed by atoms with Gasteiger partial charge in [-0.25, -0.2) is 18.3 Å². The van der Waals surface area contributed by atoms with Crippen molar-refractivity contribution in [3.63, 3.8) is 0 Å². The van der Waals surface area contributed by atoms with Crippen molar-refractivity contribution in [3.05, 3.63) is 35.6 Å². The van der Waals surface area contributed by atoms with Crippen LogP contribution in [0.5, 0.6) is 0 Å². The largest absolute Gasteiger partial charge is 0.377 e. The molecule has 0 spiro atoms. The topological polar surface area (TPSA) is 116 Å². The summed E-state index contributed by atoms with van der Waals surface area (Å²) >= 11 is 0. The molecule has 3 rings (SSSR count). The van der Waals surface area contributed by atoms with Gasteiger partial charge in [-0.3, -0.25) is 14.8 Å². The Kier molecular flexibility index (Phi) is 8.57. The summed E-state index contributed by atoms with van der Waals surface area (Å²) in [7, 11) is -3.87. The number of halogens is 1. The Bertz CT molecular complexity index is 889. The smallest absolute Gasteiger partial charge is 0.262 e. The zero-order valence-corrected chi connectivity index (χ0v) is 18.7. The van der Waals surface area contributed by atoms with Crippen LogP contribution in [0.15, 0.2) is 24.3 Å². The molecular formula is C21H30FN3O6S. The molecule has 0 saturated carbocycles. The number of nitrogens with one attached hydrogen (secondary N) is 1. The number of piperidine rings is 1. The maximum absolute atomic E-state index is 13.0. The Morgan fingerprint density at radius 3 is 2.47 bits per heavy atom. The van der Waals surface area contributed by atoms with Crippen LogP contribution in [-0.4, -0.2) is 72.7 Å². The van der Waals surface area contributed by atoms with Crippen LogP contribution in [0.3, 0.4) is 0 Å². The normalized spacial score (nSPS) is 22.1. The summed E-state index contributed by atoms with van der Waals surface area (Å²) in [6.45, 7) is 1.70. The molecule has 1 aromatic carbocycles. The highest BCUT2D eigenvalue weighted by molar-refractivity contribution is 7.89. The van der Waals surface area contributed by atoms with Gasteiger partial charge in [-0.15, -0.1) is 0 Å². The van der Waals surface area contributed by atoms with Crippen LogP contribution in [0.1, 0.15) is 37.7 Å². The molecule has 2 fully saturated rings. The molecular weight excluding hydrogens is 441 g/mol. The third-order valence-corrected chi connectivity index (χ3v) is 7.86. The third-order valence-electron chi connectivity index (χ3n) is 5.93. The summed E-state index contributed by atoms with van der Waals surface area (Å²) in [6.07, 6.45) is 2.81. The first-order valence-electron chi connectivity index (χ1n) is 10.9. The minimum Gasteiger partial charge on any atom is -0.377 e. The number of sulfonamides is 1. The number of hydrogen-bond donors (Lipinski definition) is 2. The molecule has 0 radical (unpaired) electrons. The van der Waals surface area contributed by atoms with Gasteiger partial charge in [0.1, 0.15) is 11.9 Å². The van der Waals surface area contributed by atoms with Gasteiger partial charge in [0.2, 0.25) is 15.9 Å². The lowest BCUT2D eigenvalue weighted by atomic mass is 9.89. The molecule has 32 heavy (non-hydrogen) atoms. The highest BCUT2D eigenvalue weighted by Gasteiger charge is 2.46. The molecule has 2 heterocycles. The lowest BCUT2D eigenvalue weighted by Crippen LogP contribution is -2.59. The van der Waals surface area contributed by atoms with Crippen molar-refractivity contribution in [1.82, 2.24) is 14.7 Å². The van der Waals surface area contributed by atoms with E-state index in [1.807, 2.05) is 0 Å². The Hall–Kier alpha value is -2.08. The monoisotopic (exact) mass is 471 g/mol. The van der Waals surface area contributed by atoms with Gasteiger partial charge in [-0.05, 0) is 49.8 Å². The second-order valence-electron chi connectivity index (χ2n) is 8.16. The first-order chi connectivity index (χ1) is 15.3. The van der Waals surface area contributed by atoms with E-state index in [0.717, 1.165) is 22.7 Å². The number of nitrogens with zero attached hydrogens (tertiary/aromatic N) is 2. The Labute approximate surface area is 187 Å². The summed E-state index contributed by atoms with van der Waals surface area (Å²) in [5.41, 5.74) is 2.32. The van der Waals surface area contributed by atoms with Crippen molar-refractivity contribution in [2.45, 2.75) is 44.8 Å². The SMILES string of the molecule is O=C(NO)C1C(C(=O)N2CCCC2)CCCN1S(=O)(=O)CCCOCc1ccc(F)cc1. The molecule has 0 bridgehead atoms. The van der Waals surface area contributed by atoms with Crippen LogP contribution < -0.4 is 5.48 Å². The van der Waals surface area contributed by atoms with E-state index in [-0.39, 0.29) is 43.7 Å². The average Bonchev–Trinajstić information content (AvgIpc) is 3.33. The van der Waals surface area contributed by atoms with E-state index in [9.17, 15) is 27.6 Å². The molecule has 9 nitrogen and oxygen atoms in total. The van der Waals surface area contributed by atoms with Gasteiger partial charge < -0.3 is 9.64 Å². The lowest BCUT2D eigenvalue weighted by molar-refractivity contribution is -0.146. The van der Waals surface area contributed by atoms with Gasteiger partial charge in [0.25, 0.3) is 5.91 Å². The van der Waals surface area contributed by atoms with E-state index in [1.165, 1.54) is 12.1 Å². The molecule has 0 aromatic heterocycles. The predicted octanol–water partition coefficient (Wildman–Crippen LogP) is 1.27. The molecule has 2 N–H and O–H groups in total. The quantitative estimate of drug-likeness (QED) is 0.318. The summed E-state index contributed by atoms with van der Waals surface area (Å²) in [5, 5.41) is 9.22. The minimum atomic E-state index is -3.87. The summed E-state index contributed by atoms with van der Waals surface area (Å²) in [4.78, 5) is 27.0. The molecule has 178 valence electrons. The average molecular weight is 472 g/mol. The summed E-state index contributed by atoms with van der Waals surface area (Å²) in [5.74, 6) is -2.55. The van der Waals surface area contributed by atoms with Crippen molar-refractivity contribution in [1.29, 1.82) is 0 Å². The van der Waals surface area contributed by atoms with E-state index in [0.29, 0.717) is 25.9 Å². The van der Waals surface area contributed by atoms with Gasteiger partial charge >= 0.3 is 0 Å². The van der Waals surface area contributed by atoms with E-state index < -0.39 is 27.9 Å². The molecule has 1 aromatic rings. The summed E-state index contributed by atoms with van der Waals surface area (Å²) < 4.78 is 45.5. The van der Waals surface area contributed by atoms with Crippen LogP contribution in [0.2, 0.25) is 0 Å². The molecule has 2 aliphatic rings. The van der Waals surface area contributed by atoms with Crippen molar-refractivity contribution in [2.75, 3.05) is 32.0 Å². The zero-order valence-electron chi connectivity index (χ0n) is 17.9. The molecule has 11 heteroatoms. The van der Waals surface area contributed by atoms with E-state index in [2.05, 4.69) is 0 Å². The zero-order chi connectivity index (χ0) is 23.1. The van der Waals surface area contributed by atoms with E-state index in [4.69, 9.17) is 4.74 Å². The Balaban J connectivity index is 1.60. The molecule has 2 aliphatic heterocycles. The standard InChI is InChI=1S/C21H30FN3O6S/c22-17-8-6-16(7-9-17)15-31-13-4-14-32(29,30)25-12-3-5-18(19(25)20(26)23-28)21(27)24-10-1-2-11-24/h6-9,18-19,28H,1-5,10-15H2,(H,23,26). The Morgan fingerprint density at radius 2 is 1.81 bits per heavy atom. The minimum absolute atomic E-state index is 0.112. The second kappa shape index (κ2) is 11.2. The molecule has 2 saturated heterocycles. The highest BCUT2D eigenvalue weighted by Crippen LogP contribution is 2.29. The fraction of sp³-hybridized carbons (Fsp3) is 0.619. The van der Waals surface area contributed by atoms with Crippen LogP contribution >= 0.6 is 0 Å².